The van der Waals surface area contributed by atoms with Crippen molar-refractivity contribution in [3.63, 3.8) is 0 Å². The molecule has 0 aliphatic carbocycles. The first-order chi connectivity index (χ1) is 7.46. The highest BCUT2D eigenvalue weighted by Crippen LogP contribution is 2.31. The molecule has 0 spiro atoms. The Morgan fingerprint density at radius 1 is 1.44 bits per heavy atom. The van der Waals surface area contributed by atoms with E-state index in [2.05, 4.69) is 0 Å². The predicted octanol–water partition coefficient (Wildman–Crippen LogP) is 2.78. The van der Waals surface area contributed by atoms with E-state index in [0.717, 1.165) is 6.07 Å². The maximum Gasteiger partial charge on any atom is 0.163 e. The predicted molar refractivity (Wildman–Crippen MR) is 59.0 cm³/mol. The third-order valence-electron chi connectivity index (χ3n) is 3.14. The molecule has 2 N–H and O–H groups in total. The number of rotatable bonds is 4. The lowest BCUT2D eigenvalue weighted by molar-refractivity contribution is -0.0203. The van der Waals surface area contributed by atoms with Gasteiger partial charge in [-0.2, -0.15) is 0 Å². The number of hydrogen-bond acceptors (Lipinski definition) is 2. The van der Waals surface area contributed by atoms with Gasteiger partial charge in [-0.1, -0.05) is 19.1 Å². The first-order valence-electron chi connectivity index (χ1n) is 5.21. The van der Waals surface area contributed by atoms with Gasteiger partial charge in [-0.05, 0) is 19.4 Å². The standard InChI is InChI=1S/C12H17F2NO/c1-4-12(2,16-3)11(15)8-6-5-7-9(13)10(8)14/h5-7,11H,4,15H2,1-3H3. The lowest BCUT2D eigenvalue weighted by Gasteiger charge is -2.33. The molecule has 0 amide bonds. The fraction of sp³-hybridized carbons (Fsp3) is 0.500. The van der Waals surface area contributed by atoms with E-state index in [-0.39, 0.29) is 5.56 Å². The Morgan fingerprint density at radius 2 is 2.06 bits per heavy atom. The fourth-order valence-electron chi connectivity index (χ4n) is 1.58. The summed E-state index contributed by atoms with van der Waals surface area (Å²) in [6.45, 7) is 3.67. The third kappa shape index (κ3) is 2.23. The summed E-state index contributed by atoms with van der Waals surface area (Å²) < 4.78 is 31.9. The summed E-state index contributed by atoms with van der Waals surface area (Å²) in [5.74, 6) is -1.78. The number of nitrogens with two attached hydrogens (primary N) is 1. The number of benzene rings is 1. The first-order valence-corrected chi connectivity index (χ1v) is 5.21. The van der Waals surface area contributed by atoms with Gasteiger partial charge in [0.05, 0.1) is 11.6 Å². The Morgan fingerprint density at radius 3 is 2.56 bits per heavy atom. The maximum atomic E-state index is 13.5. The number of hydrogen-bond donors (Lipinski definition) is 1. The quantitative estimate of drug-likeness (QED) is 0.861. The fourth-order valence-corrected chi connectivity index (χ4v) is 1.58. The number of methoxy groups -OCH3 is 1. The molecule has 1 rings (SSSR count). The molecule has 0 heterocycles. The van der Waals surface area contributed by atoms with Crippen LogP contribution in [-0.2, 0) is 4.74 Å². The largest absolute Gasteiger partial charge is 0.377 e. The van der Waals surface area contributed by atoms with Gasteiger partial charge in [-0.25, -0.2) is 8.78 Å². The van der Waals surface area contributed by atoms with Crippen molar-refractivity contribution in [3.8, 4) is 0 Å². The molecule has 0 fully saturated rings. The molecule has 2 nitrogen and oxygen atoms in total. The molecule has 1 aromatic carbocycles. The van der Waals surface area contributed by atoms with Gasteiger partial charge in [0.1, 0.15) is 0 Å². The lowest BCUT2D eigenvalue weighted by Crippen LogP contribution is -2.40. The zero-order valence-electron chi connectivity index (χ0n) is 9.76. The van der Waals surface area contributed by atoms with Crippen molar-refractivity contribution in [3.05, 3.63) is 35.4 Å². The van der Waals surface area contributed by atoms with E-state index < -0.39 is 23.3 Å². The van der Waals surface area contributed by atoms with Gasteiger partial charge < -0.3 is 10.5 Å². The normalized spacial score (nSPS) is 16.9. The smallest absolute Gasteiger partial charge is 0.163 e. The molecule has 90 valence electrons. The third-order valence-corrected chi connectivity index (χ3v) is 3.14. The highest BCUT2D eigenvalue weighted by Gasteiger charge is 2.33. The maximum absolute atomic E-state index is 13.5. The highest BCUT2D eigenvalue weighted by molar-refractivity contribution is 5.24. The van der Waals surface area contributed by atoms with Crippen molar-refractivity contribution in [2.45, 2.75) is 31.9 Å². The number of ether oxygens (including phenoxy) is 1. The minimum atomic E-state index is -0.897. The topological polar surface area (TPSA) is 35.2 Å². The van der Waals surface area contributed by atoms with Crippen LogP contribution < -0.4 is 5.73 Å². The molecule has 2 unspecified atom stereocenters. The Labute approximate surface area is 94.4 Å². The zero-order chi connectivity index (χ0) is 12.3. The van der Waals surface area contributed by atoms with Crippen LogP contribution >= 0.6 is 0 Å². The Kier molecular flexibility index (Phi) is 3.99. The highest BCUT2D eigenvalue weighted by atomic mass is 19.2. The monoisotopic (exact) mass is 229 g/mol. The van der Waals surface area contributed by atoms with E-state index in [1.807, 2.05) is 6.92 Å². The van der Waals surface area contributed by atoms with Crippen molar-refractivity contribution in [1.29, 1.82) is 0 Å². The molecule has 4 heteroatoms. The molecular formula is C12H17F2NO. The summed E-state index contributed by atoms with van der Waals surface area (Å²) in [4.78, 5) is 0. The molecule has 0 radical (unpaired) electrons. The molecule has 2 atom stereocenters. The molecule has 0 aromatic heterocycles. The molecular weight excluding hydrogens is 212 g/mol. The van der Waals surface area contributed by atoms with Crippen molar-refractivity contribution in [2.24, 2.45) is 5.73 Å². The molecule has 16 heavy (non-hydrogen) atoms. The van der Waals surface area contributed by atoms with Crippen molar-refractivity contribution >= 4 is 0 Å². The number of halogens is 2. The summed E-state index contributed by atoms with van der Waals surface area (Å²) in [7, 11) is 1.51. The van der Waals surface area contributed by atoms with Crippen LogP contribution in [0.15, 0.2) is 18.2 Å². The Balaban J connectivity index is 3.13. The van der Waals surface area contributed by atoms with E-state index in [9.17, 15) is 8.78 Å². The van der Waals surface area contributed by atoms with Crippen LogP contribution in [0.1, 0.15) is 31.9 Å². The van der Waals surface area contributed by atoms with Crippen LogP contribution in [0, 0.1) is 11.6 Å². The summed E-state index contributed by atoms with van der Waals surface area (Å²) in [5, 5.41) is 0. The lowest BCUT2D eigenvalue weighted by atomic mass is 9.88. The minimum absolute atomic E-state index is 0.145. The second-order valence-corrected chi connectivity index (χ2v) is 3.99. The van der Waals surface area contributed by atoms with Crippen LogP contribution in [0.4, 0.5) is 8.78 Å². The summed E-state index contributed by atoms with van der Waals surface area (Å²) in [6, 6.07) is 3.30. The molecule has 0 saturated carbocycles. The molecule has 0 aliphatic heterocycles. The van der Waals surface area contributed by atoms with E-state index in [1.165, 1.54) is 19.2 Å². The van der Waals surface area contributed by atoms with Gasteiger partial charge in [0, 0.05) is 12.7 Å². The van der Waals surface area contributed by atoms with Crippen LogP contribution in [-0.4, -0.2) is 12.7 Å². The second kappa shape index (κ2) is 4.89. The van der Waals surface area contributed by atoms with Crippen LogP contribution in [0.3, 0.4) is 0 Å². The average Bonchev–Trinajstić information content (AvgIpc) is 2.31. The van der Waals surface area contributed by atoms with Gasteiger partial charge >= 0.3 is 0 Å². The van der Waals surface area contributed by atoms with Crippen molar-refractivity contribution in [1.82, 2.24) is 0 Å². The molecule has 0 aliphatic rings. The SMILES string of the molecule is CCC(C)(OC)C(N)c1cccc(F)c1F. The summed E-state index contributed by atoms with van der Waals surface area (Å²) in [5.41, 5.74) is 5.38. The van der Waals surface area contributed by atoms with E-state index in [0.29, 0.717) is 6.42 Å². The van der Waals surface area contributed by atoms with Crippen LogP contribution in [0.2, 0.25) is 0 Å². The van der Waals surface area contributed by atoms with Gasteiger partial charge in [0.15, 0.2) is 11.6 Å². The van der Waals surface area contributed by atoms with Crippen LogP contribution in [0.5, 0.6) is 0 Å². The second-order valence-electron chi connectivity index (χ2n) is 3.99. The molecule has 1 aromatic rings. The molecule has 0 bridgehead atoms. The van der Waals surface area contributed by atoms with Crippen molar-refractivity contribution in [2.75, 3.05) is 7.11 Å². The zero-order valence-corrected chi connectivity index (χ0v) is 9.76. The Hall–Kier alpha value is -1.00. The van der Waals surface area contributed by atoms with Gasteiger partial charge in [-0.15, -0.1) is 0 Å². The average molecular weight is 229 g/mol. The summed E-state index contributed by atoms with van der Waals surface area (Å²) in [6.07, 6.45) is 0.612. The molecule has 0 saturated heterocycles. The van der Waals surface area contributed by atoms with Gasteiger partial charge in [0.2, 0.25) is 0 Å². The van der Waals surface area contributed by atoms with E-state index in [4.69, 9.17) is 10.5 Å². The van der Waals surface area contributed by atoms with Gasteiger partial charge in [0.25, 0.3) is 0 Å². The first kappa shape index (κ1) is 13.1. The van der Waals surface area contributed by atoms with Gasteiger partial charge in [-0.3, -0.25) is 0 Å². The minimum Gasteiger partial charge on any atom is -0.377 e. The van der Waals surface area contributed by atoms with E-state index in [1.54, 1.807) is 6.92 Å². The summed E-state index contributed by atoms with van der Waals surface area (Å²) >= 11 is 0. The van der Waals surface area contributed by atoms with Crippen molar-refractivity contribution < 1.29 is 13.5 Å². The Bertz CT molecular complexity index is 364. The van der Waals surface area contributed by atoms with E-state index >= 15 is 0 Å². The van der Waals surface area contributed by atoms with Crippen LogP contribution in [0.25, 0.3) is 0 Å².